The Morgan fingerprint density at radius 3 is 2.75 bits per heavy atom. The summed E-state index contributed by atoms with van der Waals surface area (Å²) in [4.78, 5) is 12.8. The number of carbonyl (C=O) groups excluding carboxylic acids is 1. The minimum absolute atomic E-state index is 0.347. The second kappa shape index (κ2) is 8.79. The van der Waals surface area contributed by atoms with E-state index in [-0.39, 0.29) is 5.97 Å². The molecule has 1 aromatic carbocycles. The number of nitrogens with zero attached hydrogens (tertiary/aromatic N) is 3. The van der Waals surface area contributed by atoms with Crippen molar-refractivity contribution in [3.63, 3.8) is 0 Å². The Balaban J connectivity index is 1.31. The van der Waals surface area contributed by atoms with Gasteiger partial charge < -0.3 is 14.0 Å². The van der Waals surface area contributed by atoms with Crippen molar-refractivity contribution in [3.05, 3.63) is 58.0 Å². The highest BCUT2D eigenvalue weighted by molar-refractivity contribution is 7.99. The predicted molar refractivity (Wildman–Crippen MR) is 109 cm³/mol. The Morgan fingerprint density at radius 2 is 2.07 bits per heavy atom. The number of ether oxygens (including phenoxy) is 2. The van der Waals surface area contributed by atoms with Gasteiger partial charge in [0.2, 0.25) is 0 Å². The third kappa shape index (κ3) is 4.56. The molecule has 1 aliphatic rings. The molecular weight excluding hydrogens is 394 g/mol. The van der Waals surface area contributed by atoms with E-state index in [0.29, 0.717) is 18.2 Å². The maximum absolute atomic E-state index is 11.5. The zero-order valence-electron chi connectivity index (χ0n) is 15.5. The number of thiophene rings is 1. The van der Waals surface area contributed by atoms with Gasteiger partial charge in [-0.2, -0.15) is 0 Å². The van der Waals surface area contributed by atoms with Crippen molar-refractivity contribution in [2.75, 3.05) is 19.5 Å². The molecule has 0 atom stereocenters. The average molecular weight is 416 g/mol. The van der Waals surface area contributed by atoms with E-state index in [9.17, 15) is 4.79 Å². The Bertz CT molecular complexity index is 919. The minimum Gasteiger partial charge on any atom is -0.493 e. The van der Waals surface area contributed by atoms with E-state index >= 15 is 0 Å². The van der Waals surface area contributed by atoms with Crippen LogP contribution >= 0.6 is 23.1 Å². The van der Waals surface area contributed by atoms with Crippen LogP contribution in [-0.2, 0) is 11.2 Å². The van der Waals surface area contributed by atoms with Gasteiger partial charge in [-0.15, -0.1) is 21.5 Å². The van der Waals surface area contributed by atoms with Crippen LogP contribution in [0, 0.1) is 0 Å². The predicted octanol–water partition coefficient (Wildman–Crippen LogP) is 4.22. The lowest BCUT2D eigenvalue weighted by Crippen LogP contribution is -2.06. The van der Waals surface area contributed by atoms with Gasteiger partial charge >= 0.3 is 5.97 Å². The summed E-state index contributed by atoms with van der Waals surface area (Å²) in [6.45, 7) is 0.556. The first-order valence-corrected chi connectivity index (χ1v) is 11.0. The van der Waals surface area contributed by atoms with Gasteiger partial charge in [-0.05, 0) is 48.6 Å². The third-order valence-electron chi connectivity index (χ3n) is 4.42. The van der Waals surface area contributed by atoms with Crippen molar-refractivity contribution in [1.82, 2.24) is 14.8 Å². The van der Waals surface area contributed by atoms with E-state index in [1.807, 2.05) is 0 Å². The van der Waals surface area contributed by atoms with Gasteiger partial charge in [-0.3, -0.25) is 0 Å². The Morgan fingerprint density at radius 1 is 1.25 bits per heavy atom. The van der Waals surface area contributed by atoms with Gasteiger partial charge in [-0.25, -0.2) is 4.79 Å². The third-order valence-corrected chi connectivity index (χ3v) is 6.20. The van der Waals surface area contributed by atoms with Crippen LogP contribution in [-0.4, -0.2) is 40.2 Å². The zero-order chi connectivity index (χ0) is 19.3. The number of thioether (sulfide) groups is 1. The van der Waals surface area contributed by atoms with E-state index in [1.54, 1.807) is 47.4 Å². The van der Waals surface area contributed by atoms with Crippen LogP contribution in [0.5, 0.6) is 5.75 Å². The molecule has 2 heterocycles. The van der Waals surface area contributed by atoms with Crippen molar-refractivity contribution in [2.45, 2.75) is 30.5 Å². The monoisotopic (exact) mass is 415 g/mol. The minimum atomic E-state index is -0.347. The molecule has 2 aromatic heterocycles. The Kier molecular flexibility index (Phi) is 5.97. The van der Waals surface area contributed by atoms with Crippen molar-refractivity contribution < 1.29 is 14.3 Å². The summed E-state index contributed by atoms with van der Waals surface area (Å²) in [6, 6.07) is 11.7. The van der Waals surface area contributed by atoms with Crippen LogP contribution in [0.3, 0.4) is 0 Å². The molecule has 1 aliphatic carbocycles. The second-order valence-corrected chi connectivity index (χ2v) is 8.56. The summed E-state index contributed by atoms with van der Waals surface area (Å²) in [7, 11) is 1.37. The molecule has 6 nitrogen and oxygen atoms in total. The molecule has 0 spiro atoms. The fourth-order valence-corrected chi connectivity index (χ4v) is 4.44. The molecule has 0 radical (unpaired) electrons. The van der Waals surface area contributed by atoms with Crippen LogP contribution in [0.15, 0.2) is 46.9 Å². The van der Waals surface area contributed by atoms with E-state index in [1.165, 1.54) is 24.8 Å². The first-order valence-electron chi connectivity index (χ1n) is 9.14. The van der Waals surface area contributed by atoms with E-state index < -0.39 is 0 Å². The number of esters is 1. The topological polar surface area (TPSA) is 66.2 Å². The lowest BCUT2D eigenvalue weighted by molar-refractivity contribution is 0.0600. The zero-order valence-corrected chi connectivity index (χ0v) is 17.2. The maximum atomic E-state index is 11.5. The van der Waals surface area contributed by atoms with Crippen LogP contribution in [0.1, 0.15) is 39.9 Å². The number of hydrogen-bond acceptors (Lipinski definition) is 7. The fourth-order valence-electron chi connectivity index (χ4n) is 2.89. The summed E-state index contributed by atoms with van der Waals surface area (Å²) in [6.07, 6.45) is 3.24. The summed E-state index contributed by atoms with van der Waals surface area (Å²) in [5.41, 5.74) is 0.514. The molecule has 0 aliphatic heterocycles. The molecule has 0 saturated heterocycles. The molecular formula is C20H21N3O3S2. The molecule has 0 bridgehead atoms. The molecule has 0 unspecified atom stereocenters. The molecule has 0 N–H and O–H groups in total. The van der Waals surface area contributed by atoms with Crippen molar-refractivity contribution in [1.29, 1.82) is 0 Å². The first kappa shape index (κ1) is 19.0. The molecule has 4 rings (SSSR count). The van der Waals surface area contributed by atoms with E-state index in [4.69, 9.17) is 9.47 Å². The number of hydrogen-bond donors (Lipinski definition) is 0. The van der Waals surface area contributed by atoms with Crippen molar-refractivity contribution in [3.8, 4) is 5.75 Å². The first-order chi connectivity index (χ1) is 13.7. The Hall–Kier alpha value is -2.32. The number of rotatable bonds is 9. The van der Waals surface area contributed by atoms with Gasteiger partial charge in [0.15, 0.2) is 5.16 Å². The van der Waals surface area contributed by atoms with Crippen LogP contribution in [0.2, 0.25) is 0 Å². The number of aromatic nitrogens is 3. The van der Waals surface area contributed by atoms with Gasteiger partial charge in [0.1, 0.15) is 11.6 Å². The van der Waals surface area contributed by atoms with Crippen molar-refractivity contribution in [2.24, 2.45) is 0 Å². The Labute approximate surface area is 171 Å². The molecule has 1 fully saturated rings. The van der Waals surface area contributed by atoms with Crippen LogP contribution < -0.4 is 4.74 Å². The maximum Gasteiger partial charge on any atom is 0.337 e. The van der Waals surface area contributed by atoms with Crippen LogP contribution in [0.25, 0.3) is 0 Å². The standard InChI is InChI=1S/C20H21N3O3S2/c1-25-19(24)14-4-8-16(9-5-14)26-10-12-28-20-22-21-18(23(20)15-6-7-15)13-17-3-2-11-27-17/h2-5,8-9,11,15H,6-7,10,12-13H2,1H3. The van der Waals surface area contributed by atoms with E-state index in [0.717, 1.165) is 28.9 Å². The summed E-state index contributed by atoms with van der Waals surface area (Å²) in [5.74, 6) is 2.21. The highest BCUT2D eigenvalue weighted by atomic mass is 32.2. The highest BCUT2D eigenvalue weighted by Gasteiger charge is 2.29. The number of carbonyl (C=O) groups is 1. The molecule has 1 saturated carbocycles. The molecule has 28 heavy (non-hydrogen) atoms. The summed E-state index contributed by atoms with van der Waals surface area (Å²) >= 11 is 3.43. The van der Waals surface area contributed by atoms with Gasteiger partial charge in [0, 0.05) is 23.1 Å². The van der Waals surface area contributed by atoms with E-state index in [2.05, 4.69) is 32.3 Å². The summed E-state index contributed by atoms with van der Waals surface area (Å²) < 4.78 is 12.8. The van der Waals surface area contributed by atoms with Gasteiger partial charge in [0.25, 0.3) is 0 Å². The molecule has 3 aromatic rings. The van der Waals surface area contributed by atoms with Crippen LogP contribution in [0.4, 0.5) is 0 Å². The van der Waals surface area contributed by atoms with Crippen molar-refractivity contribution >= 4 is 29.1 Å². The number of benzene rings is 1. The smallest absolute Gasteiger partial charge is 0.337 e. The molecule has 0 amide bonds. The largest absolute Gasteiger partial charge is 0.493 e. The normalized spacial score (nSPS) is 13.5. The average Bonchev–Trinajstić information content (AvgIpc) is 3.28. The van der Waals surface area contributed by atoms with Gasteiger partial charge in [0.05, 0.1) is 19.3 Å². The quantitative estimate of drug-likeness (QED) is 0.296. The SMILES string of the molecule is COC(=O)c1ccc(OCCSc2nnc(Cc3cccs3)n2C2CC2)cc1. The highest BCUT2D eigenvalue weighted by Crippen LogP contribution is 2.39. The molecule has 146 valence electrons. The van der Waals surface area contributed by atoms with Gasteiger partial charge in [-0.1, -0.05) is 17.8 Å². The number of methoxy groups -OCH3 is 1. The lowest BCUT2D eigenvalue weighted by Gasteiger charge is -2.09. The molecule has 8 heteroatoms. The fraction of sp³-hybridized carbons (Fsp3) is 0.350. The lowest BCUT2D eigenvalue weighted by atomic mass is 10.2. The summed E-state index contributed by atoms with van der Waals surface area (Å²) in [5, 5.41) is 11.9. The second-order valence-electron chi connectivity index (χ2n) is 6.47.